The lowest BCUT2D eigenvalue weighted by molar-refractivity contribution is 0.520. The molecule has 6 nitrogen and oxygen atoms in total. The van der Waals surface area contributed by atoms with Gasteiger partial charge in [0.15, 0.2) is 0 Å². The first-order valence-electron chi connectivity index (χ1n) is 5.41. The minimum Gasteiger partial charge on any atom is -0.337 e. The maximum Gasteiger partial charge on any atom is 0.330 e. The van der Waals surface area contributed by atoms with Gasteiger partial charge in [-0.2, -0.15) is 0 Å². The molecule has 90 valence electrons. The average molecular weight is 234 g/mol. The fourth-order valence-electron chi connectivity index (χ4n) is 1.65. The maximum atomic E-state index is 11.7. The highest BCUT2D eigenvalue weighted by atomic mass is 16.2. The van der Waals surface area contributed by atoms with Crippen molar-refractivity contribution in [3.63, 3.8) is 0 Å². The highest BCUT2D eigenvalue weighted by Gasteiger charge is 2.02. The van der Waals surface area contributed by atoms with E-state index in [0.29, 0.717) is 6.54 Å². The number of rotatable bonds is 4. The second-order valence-electron chi connectivity index (χ2n) is 3.85. The van der Waals surface area contributed by atoms with E-state index in [4.69, 9.17) is 0 Å². The number of nitrogens with zero attached hydrogens (tertiary/aromatic N) is 4. The van der Waals surface area contributed by atoms with Crippen LogP contribution in [-0.2, 0) is 20.1 Å². The largest absolute Gasteiger partial charge is 0.337 e. The molecule has 0 aliphatic carbocycles. The van der Waals surface area contributed by atoms with Gasteiger partial charge in [-0.3, -0.25) is 9.36 Å². The van der Waals surface area contributed by atoms with Gasteiger partial charge in [-0.1, -0.05) is 0 Å². The summed E-state index contributed by atoms with van der Waals surface area (Å²) in [5.74, 6) is 0. The molecule has 2 aromatic heterocycles. The van der Waals surface area contributed by atoms with Crippen LogP contribution in [0.1, 0.15) is 6.42 Å². The molecule has 2 rings (SSSR count). The Kier molecular flexibility index (Phi) is 3.22. The fourth-order valence-corrected chi connectivity index (χ4v) is 1.65. The number of hydrogen-bond acceptors (Lipinski definition) is 3. The molecule has 0 saturated heterocycles. The lowest BCUT2D eigenvalue weighted by Gasteiger charge is -2.06. The third kappa shape index (κ3) is 2.52. The summed E-state index contributed by atoms with van der Waals surface area (Å²) in [5, 5.41) is 0. The van der Waals surface area contributed by atoms with E-state index in [0.717, 1.165) is 13.0 Å². The zero-order valence-electron chi connectivity index (χ0n) is 9.61. The van der Waals surface area contributed by atoms with Crippen molar-refractivity contribution in [3.05, 3.63) is 51.8 Å². The molecule has 0 N–H and O–H groups in total. The van der Waals surface area contributed by atoms with Crippen LogP contribution in [0, 0.1) is 0 Å². The number of hydrogen-bond donors (Lipinski definition) is 0. The number of aromatic nitrogens is 4. The molecule has 2 aromatic rings. The molecule has 2 heterocycles. The van der Waals surface area contributed by atoms with Crippen molar-refractivity contribution >= 4 is 0 Å². The Hall–Kier alpha value is -2.11. The van der Waals surface area contributed by atoms with Gasteiger partial charge in [0.2, 0.25) is 0 Å². The van der Waals surface area contributed by atoms with E-state index in [1.165, 1.54) is 21.4 Å². The SMILES string of the molecule is Cn1ccc(=O)n(CCCn2ccnc2)c1=O. The Morgan fingerprint density at radius 1 is 1.24 bits per heavy atom. The molecule has 0 fully saturated rings. The van der Waals surface area contributed by atoms with Crippen molar-refractivity contribution in [1.82, 2.24) is 18.7 Å². The van der Waals surface area contributed by atoms with E-state index in [1.807, 2.05) is 10.8 Å². The van der Waals surface area contributed by atoms with Gasteiger partial charge in [-0.25, -0.2) is 9.78 Å². The van der Waals surface area contributed by atoms with Gasteiger partial charge in [0.1, 0.15) is 0 Å². The van der Waals surface area contributed by atoms with Crippen LogP contribution in [0.2, 0.25) is 0 Å². The molecule has 0 radical (unpaired) electrons. The first-order valence-corrected chi connectivity index (χ1v) is 5.41. The van der Waals surface area contributed by atoms with Gasteiger partial charge in [0, 0.05) is 44.8 Å². The van der Waals surface area contributed by atoms with Gasteiger partial charge >= 0.3 is 5.69 Å². The van der Waals surface area contributed by atoms with Crippen molar-refractivity contribution in [2.45, 2.75) is 19.5 Å². The van der Waals surface area contributed by atoms with E-state index in [-0.39, 0.29) is 11.2 Å². The molecule has 6 heteroatoms. The van der Waals surface area contributed by atoms with Crippen LogP contribution in [0.5, 0.6) is 0 Å². The van der Waals surface area contributed by atoms with Gasteiger partial charge in [-0.05, 0) is 6.42 Å². The highest BCUT2D eigenvalue weighted by Crippen LogP contribution is 1.91. The van der Waals surface area contributed by atoms with Crippen molar-refractivity contribution in [3.8, 4) is 0 Å². The molecule has 0 aliphatic rings. The predicted molar refractivity (Wildman–Crippen MR) is 62.8 cm³/mol. The van der Waals surface area contributed by atoms with E-state index >= 15 is 0 Å². The molecule has 0 saturated carbocycles. The molecule has 0 aromatic carbocycles. The third-order valence-corrected chi connectivity index (χ3v) is 2.60. The molecule has 17 heavy (non-hydrogen) atoms. The third-order valence-electron chi connectivity index (χ3n) is 2.60. The van der Waals surface area contributed by atoms with E-state index in [1.54, 1.807) is 19.6 Å². The zero-order valence-corrected chi connectivity index (χ0v) is 9.61. The minimum absolute atomic E-state index is 0.251. The summed E-state index contributed by atoms with van der Waals surface area (Å²) in [5.41, 5.74) is -0.526. The standard InChI is InChI=1S/C11H14N4O2/c1-13-7-3-10(16)15(11(13)17)6-2-5-14-8-4-12-9-14/h3-4,7-9H,2,5-6H2,1H3. The average Bonchev–Trinajstić information content (AvgIpc) is 2.81. The summed E-state index contributed by atoms with van der Waals surface area (Å²) in [7, 11) is 1.63. The summed E-state index contributed by atoms with van der Waals surface area (Å²) >= 11 is 0. The molecule has 0 atom stereocenters. The van der Waals surface area contributed by atoms with Crippen molar-refractivity contribution in [2.75, 3.05) is 0 Å². The van der Waals surface area contributed by atoms with Gasteiger partial charge in [0.25, 0.3) is 5.56 Å². The normalized spacial score (nSPS) is 10.6. The summed E-state index contributed by atoms with van der Waals surface area (Å²) in [6.45, 7) is 1.16. The van der Waals surface area contributed by atoms with Crippen LogP contribution in [0.3, 0.4) is 0 Å². The Morgan fingerprint density at radius 2 is 2.06 bits per heavy atom. The predicted octanol–water partition coefficient (Wildman–Crippen LogP) is -0.166. The lowest BCUT2D eigenvalue weighted by Crippen LogP contribution is -2.38. The molecule has 0 amide bonds. The van der Waals surface area contributed by atoms with E-state index < -0.39 is 0 Å². The van der Waals surface area contributed by atoms with Crippen LogP contribution < -0.4 is 11.2 Å². The molecular formula is C11H14N4O2. The van der Waals surface area contributed by atoms with Crippen molar-refractivity contribution < 1.29 is 0 Å². The van der Waals surface area contributed by atoms with E-state index in [2.05, 4.69) is 4.98 Å². The smallest absolute Gasteiger partial charge is 0.330 e. The lowest BCUT2D eigenvalue weighted by atomic mass is 10.4. The van der Waals surface area contributed by atoms with Crippen LogP contribution in [0.4, 0.5) is 0 Å². The van der Waals surface area contributed by atoms with Gasteiger partial charge in [-0.15, -0.1) is 0 Å². The summed E-state index contributed by atoms with van der Waals surface area (Å²) in [6, 6.07) is 1.40. The topological polar surface area (TPSA) is 61.8 Å². The van der Waals surface area contributed by atoms with E-state index in [9.17, 15) is 9.59 Å². The number of aryl methyl sites for hydroxylation is 2. The van der Waals surface area contributed by atoms with Crippen LogP contribution in [-0.4, -0.2) is 18.7 Å². The Bertz CT molecular complexity index is 595. The van der Waals surface area contributed by atoms with Crippen LogP contribution in [0.25, 0.3) is 0 Å². The molecule has 0 bridgehead atoms. The molecule has 0 spiro atoms. The Labute approximate surface area is 97.8 Å². The quantitative estimate of drug-likeness (QED) is 0.738. The first-order chi connectivity index (χ1) is 8.18. The van der Waals surface area contributed by atoms with Gasteiger partial charge < -0.3 is 9.13 Å². The Morgan fingerprint density at radius 3 is 2.76 bits per heavy atom. The van der Waals surface area contributed by atoms with Crippen molar-refractivity contribution in [2.24, 2.45) is 7.05 Å². The second kappa shape index (κ2) is 4.82. The highest BCUT2D eigenvalue weighted by molar-refractivity contribution is 4.85. The Balaban J connectivity index is 2.07. The van der Waals surface area contributed by atoms with Gasteiger partial charge in [0.05, 0.1) is 6.33 Å². The second-order valence-corrected chi connectivity index (χ2v) is 3.85. The summed E-state index contributed by atoms with van der Waals surface area (Å²) in [4.78, 5) is 27.1. The summed E-state index contributed by atoms with van der Waals surface area (Å²) in [6.07, 6.45) is 7.47. The fraction of sp³-hybridized carbons (Fsp3) is 0.364. The molecule has 0 aliphatic heterocycles. The summed E-state index contributed by atoms with van der Waals surface area (Å²) < 4.78 is 4.56. The van der Waals surface area contributed by atoms with Crippen molar-refractivity contribution in [1.29, 1.82) is 0 Å². The van der Waals surface area contributed by atoms with Crippen LogP contribution >= 0.6 is 0 Å². The maximum absolute atomic E-state index is 11.7. The van der Waals surface area contributed by atoms with Crippen LogP contribution in [0.15, 0.2) is 40.6 Å². The minimum atomic E-state index is -0.275. The first kappa shape index (κ1) is 11.4. The molecule has 0 unspecified atom stereocenters. The number of imidazole rings is 1. The zero-order chi connectivity index (χ0) is 12.3. The monoisotopic (exact) mass is 234 g/mol. The molecular weight excluding hydrogens is 220 g/mol.